The van der Waals surface area contributed by atoms with Crippen LogP contribution in [0, 0.1) is 11.3 Å². The molecule has 0 unspecified atom stereocenters. The van der Waals surface area contributed by atoms with E-state index >= 15 is 0 Å². The molecule has 0 fully saturated rings. The molecule has 0 aliphatic heterocycles. The van der Waals surface area contributed by atoms with Crippen LogP contribution in [0.25, 0.3) is 0 Å². The molecular formula is C20H18N2O2S3. The summed E-state index contributed by atoms with van der Waals surface area (Å²) in [7, 11) is 3.31. The standard InChI is InChI=1S/C20H18N2O2S3/c1-23-16-7-3-14(4-8-16)12-25-19-18(11-21)20(27-22-19)26-13-15-5-9-17(24-2)10-6-15/h3-10H,12-13H2,1-2H3. The van der Waals surface area contributed by atoms with E-state index in [1.807, 2.05) is 48.5 Å². The van der Waals surface area contributed by atoms with E-state index in [2.05, 4.69) is 10.4 Å². The first kappa shape index (κ1) is 19.6. The first-order chi connectivity index (χ1) is 13.2. The number of nitriles is 1. The van der Waals surface area contributed by atoms with Crippen molar-refractivity contribution < 1.29 is 9.47 Å². The molecule has 0 saturated carbocycles. The number of hydrogen-bond acceptors (Lipinski definition) is 7. The molecule has 3 rings (SSSR count). The summed E-state index contributed by atoms with van der Waals surface area (Å²) in [5.74, 6) is 3.25. The van der Waals surface area contributed by atoms with Gasteiger partial charge < -0.3 is 9.47 Å². The van der Waals surface area contributed by atoms with E-state index in [0.29, 0.717) is 5.56 Å². The Balaban J connectivity index is 1.62. The van der Waals surface area contributed by atoms with Gasteiger partial charge in [-0.1, -0.05) is 36.0 Å². The topological polar surface area (TPSA) is 55.1 Å². The third-order valence-corrected chi connectivity index (χ3v) is 7.13. The molecule has 138 valence electrons. The summed E-state index contributed by atoms with van der Waals surface area (Å²) < 4.78 is 15.8. The van der Waals surface area contributed by atoms with Gasteiger partial charge >= 0.3 is 0 Å². The zero-order chi connectivity index (χ0) is 19.1. The predicted octanol–water partition coefficient (Wildman–Crippen LogP) is 5.62. The van der Waals surface area contributed by atoms with E-state index < -0.39 is 0 Å². The molecule has 0 atom stereocenters. The lowest BCUT2D eigenvalue weighted by Crippen LogP contribution is -1.86. The number of aromatic nitrogens is 1. The van der Waals surface area contributed by atoms with Crippen LogP contribution in [0.15, 0.2) is 57.8 Å². The number of nitrogens with zero attached hydrogens (tertiary/aromatic N) is 2. The monoisotopic (exact) mass is 414 g/mol. The highest BCUT2D eigenvalue weighted by Crippen LogP contribution is 2.37. The van der Waals surface area contributed by atoms with Gasteiger partial charge in [-0.2, -0.15) is 9.64 Å². The summed E-state index contributed by atoms with van der Waals surface area (Å²) in [5.41, 5.74) is 3.03. The van der Waals surface area contributed by atoms with E-state index in [1.54, 1.807) is 37.7 Å². The van der Waals surface area contributed by atoms with Crippen LogP contribution in [0.5, 0.6) is 11.5 Å². The molecule has 0 N–H and O–H groups in total. The number of hydrogen-bond donors (Lipinski definition) is 0. The van der Waals surface area contributed by atoms with Crippen LogP contribution in [0.1, 0.15) is 16.7 Å². The average Bonchev–Trinajstić information content (AvgIpc) is 3.13. The maximum atomic E-state index is 9.58. The number of benzene rings is 2. The second-order valence-corrected chi connectivity index (χ2v) is 8.52. The summed E-state index contributed by atoms with van der Waals surface area (Å²) in [4.78, 5) is 0. The van der Waals surface area contributed by atoms with Gasteiger partial charge in [-0.05, 0) is 46.9 Å². The number of thioether (sulfide) groups is 2. The van der Waals surface area contributed by atoms with Crippen LogP contribution >= 0.6 is 35.1 Å². The van der Waals surface area contributed by atoms with Gasteiger partial charge in [0.2, 0.25) is 0 Å². The first-order valence-electron chi connectivity index (χ1n) is 8.14. The van der Waals surface area contributed by atoms with Crippen molar-refractivity contribution in [1.29, 1.82) is 5.26 Å². The Bertz CT molecular complexity index is 847. The van der Waals surface area contributed by atoms with Crippen molar-refractivity contribution in [1.82, 2.24) is 4.37 Å². The van der Waals surface area contributed by atoms with E-state index in [4.69, 9.17) is 9.47 Å². The quantitative estimate of drug-likeness (QED) is 0.446. The van der Waals surface area contributed by atoms with Crippen LogP contribution in [-0.4, -0.2) is 18.6 Å². The molecule has 0 aliphatic carbocycles. The van der Waals surface area contributed by atoms with Gasteiger partial charge in [-0.3, -0.25) is 0 Å². The summed E-state index contributed by atoms with van der Waals surface area (Å²) >= 11 is 4.63. The van der Waals surface area contributed by atoms with E-state index in [1.165, 1.54) is 22.7 Å². The first-order valence-corrected chi connectivity index (χ1v) is 10.9. The van der Waals surface area contributed by atoms with Crippen molar-refractivity contribution >= 4 is 35.1 Å². The molecule has 3 aromatic rings. The Hall–Kier alpha value is -2.14. The third kappa shape index (κ3) is 5.19. The molecule has 2 aromatic carbocycles. The van der Waals surface area contributed by atoms with Gasteiger partial charge in [0.1, 0.15) is 28.2 Å². The van der Waals surface area contributed by atoms with E-state index in [-0.39, 0.29) is 0 Å². The van der Waals surface area contributed by atoms with Crippen LogP contribution in [0.4, 0.5) is 0 Å². The summed E-state index contributed by atoms with van der Waals surface area (Å²) in [6, 6.07) is 18.2. The van der Waals surface area contributed by atoms with E-state index in [9.17, 15) is 5.26 Å². The summed E-state index contributed by atoms with van der Waals surface area (Å²) in [5, 5.41) is 10.4. The predicted molar refractivity (Wildman–Crippen MR) is 112 cm³/mol. The minimum absolute atomic E-state index is 0.678. The smallest absolute Gasteiger partial charge is 0.129 e. The van der Waals surface area contributed by atoms with Crippen molar-refractivity contribution in [2.45, 2.75) is 20.7 Å². The van der Waals surface area contributed by atoms with E-state index in [0.717, 1.165) is 32.2 Å². The number of ether oxygens (including phenoxy) is 2. The van der Waals surface area contributed by atoms with Gasteiger partial charge in [0.05, 0.1) is 18.4 Å². The second kappa shape index (κ2) is 9.70. The lowest BCUT2D eigenvalue weighted by atomic mass is 10.2. The van der Waals surface area contributed by atoms with Gasteiger partial charge in [-0.15, -0.1) is 11.8 Å². The normalized spacial score (nSPS) is 10.4. The Morgan fingerprint density at radius 1 is 0.889 bits per heavy atom. The Morgan fingerprint density at radius 2 is 1.41 bits per heavy atom. The Kier molecular flexibility index (Phi) is 7.04. The summed E-state index contributed by atoms with van der Waals surface area (Å²) in [6.45, 7) is 0. The molecule has 0 amide bonds. The third-order valence-electron chi connectivity index (χ3n) is 3.80. The van der Waals surface area contributed by atoms with Crippen molar-refractivity contribution in [2.75, 3.05) is 14.2 Å². The van der Waals surface area contributed by atoms with Crippen LogP contribution in [0.2, 0.25) is 0 Å². The maximum Gasteiger partial charge on any atom is 0.129 e. The van der Waals surface area contributed by atoms with Crippen molar-refractivity contribution in [3.63, 3.8) is 0 Å². The molecular weight excluding hydrogens is 396 g/mol. The highest BCUT2D eigenvalue weighted by Gasteiger charge is 2.15. The largest absolute Gasteiger partial charge is 0.497 e. The van der Waals surface area contributed by atoms with Crippen molar-refractivity contribution in [2.24, 2.45) is 0 Å². The number of methoxy groups -OCH3 is 2. The highest BCUT2D eigenvalue weighted by atomic mass is 32.2. The molecule has 7 heteroatoms. The molecule has 27 heavy (non-hydrogen) atoms. The van der Waals surface area contributed by atoms with Crippen molar-refractivity contribution in [3.8, 4) is 17.6 Å². The molecule has 0 saturated heterocycles. The van der Waals surface area contributed by atoms with Gasteiger partial charge in [-0.25, -0.2) is 0 Å². The highest BCUT2D eigenvalue weighted by molar-refractivity contribution is 8.00. The Morgan fingerprint density at radius 3 is 1.89 bits per heavy atom. The maximum absolute atomic E-state index is 9.58. The second-order valence-electron chi connectivity index (χ2n) is 5.54. The average molecular weight is 415 g/mol. The molecule has 0 radical (unpaired) electrons. The van der Waals surface area contributed by atoms with Gasteiger partial charge in [0.25, 0.3) is 0 Å². The van der Waals surface area contributed by atoms with Gasteiger partial charge in [0.15, 0.2) is 0 Å². The van der Waals surface area contributed by atoms with Gasteiger partial charge in [0, 0.05) is 11.5 Å². The fourth-order valence-electron chi connectivity index (χ4n) is 2.30. The molecule has 0 spiro atoms. The van der Waals surface area contributed by atoms with Crippen LogP contribution < -0.4 is 9.47 Å². The summed E-state index contributed by atoms with van der Waals surface area (Å²) in [6.07, 6.45) is 0. The Labute approximate surface area is 171 Å². The SMILES string of the molecule is COc1ccc(CSc2nsc(SCc3ccc(OC)cc3)c2C#N)cc1. The molecule has 1 aromatic heterocycles. The van der Waals surface area contributed by atoms with Crippen molar-refractivity contribution in [3.05, 3.63) is 65.2 Å². The zero-order valence-corrected chi connectivity index (χ0v) is 17.4. The molecule has 0 bridgehead atoms. The zero-order valence-electron chi connectivity index (χ0n) is 15.0. The van der Waals surface area contributed by atoms with Crippen LogP contribution in [-0.2, 0) is 11.5 Å². The molecule has 1 heterocycles. The fourth-order valence-corrected chi connectivity index (χ4v) is 5.30. The fraction of sp³-hybridized carbons (Fsp3) is 0.200. The molecule has 4 nitrogen and oxygen atoms in total. The van der Waals surface area contributed by atoms with Crippen LogP contribution in [0.3, 0.4) is 0 Å². The minimum Gasteiger partial charge on any atom is -0.497 e. The minimum atomic E-state index is 0.678. The lowest BCUT2D eigenvalue weighted by molar-refractivity contribution is 0.414. The lowest BCUT2D eigenvalue weighted by Gasteiger charge is -2.03. The number of rotatable bonds is 8. The molecule has 0 aliphatic rings.